The predicted octanol–water partition coefficient (Wildman–Crippen LogP) is 5.44. The van der Waals surface area contributed by atoms with Crippen LogP contribution in [0.2, 0.25) is 0 Å². The third kappa shape index (κ3) is 8.37. The molecule has 4 rings (SSSR count). The average molecular weight is 602 g/mol. The summed E-state index contributed by atoms with van der Waals surface area (Å²) in [5, 5.41) is 12.8. The highest BCUT2D eigenvalue weighted by atomic mass is 31.2. The summed E-state index contributed by atoms with van der Waals surface area (Å²) < 4.78 is 63.8. The topological polar surface area (TPSA) is 114 Å². The van der Waals surface area contributed by atoms with Gasteiger partial charge >= 0.3 is 7.60 Å². The molecule has 1 aromatic carbocycles. The zero-order chi connectivity index (χ0) is 30.4. The Morgan fingerprint density at radius 3 is 2.05 bits per heavy atom. The lowest BCUT2D eigenvalue weighted by atomic mass is 10.1. The molecule has 3 saturated heterocycles. The van der Waals surface area contributed by atoms with Crippen molar-refractivity contribution >= 4 is 7.60 Å². The fraction of sp³-hybridized carbons (Fsp3) is 0.793. The highest BCUT2D eigenvalue weighted by molar-refractivity contribution is 7.54. The van der Waals surface area contributed by atoms with Gasteiger partial charge in [0.2, 0.25) is 0 Å². The first-order valence-electron chi connectivity index (χ1n) is 14.2. The molecular formula is C29H48NO10P. The lowest BCUT2D eigenvalue weighted by Crippen LogP contribution is -2.50. The Balaban J connectivity index is 1.66. The predicted molar refractivity (Wildman–Crippen MR) is 150 cm³/mol. The maximum atomic E-state index is 14.7. The fourth-order valence-electron chi connectivity index (χ4n) is 5.24. The molecule has 3 fully saturated rings. The Labute approximate surface area is 244 Å². The van der Waals surface area contributed by atoms with E-state index in [1.54, 1.807) is 55.4 Å². The maximum Gasteiger partial charge on any atom is 0.353 e. The second-order valence-corrected chi connectivity index (χ2v) is 15.8. The summed E-state index contributed by atoms with van der Waals surface area (Å²) in [7, 11) is -4.12. The fourth-order valence-corrected chi connectivity index (χ4v) is 7.76. The van der Waals surface area contributed by atoms with Crippen molar-refractivity contribution in [2.24, 2.45) is 0 Å². The molecule has 12 heteroatoms. The Hall–Kier alpha value is -0.950. The lowest BCUT2D eigenvalue weighted by Gasteiger charge is -2.40. The van der Waals surface area contributed by atoms with E-state index in [0.717, 1.165) is 10.6 Å². The van der Waals surface area contributed by atoms with Crippen LogP contribution in [0.5, 0.6) is 0 Å². The molecule has 3 aliphatic rings. The van der Waals surface area contributed by atoms with Crippen LogP contribution in [-0.2, 0) is 48.6 Å². The number of fused-ring (bicyclic) bond motifs is 1. The van der Waals surface area contributed by atoms with Crippen LogP contribution in [-0.4, -0.2) is 82.7 Å². The van der Waals surface area contributed by atoms with Crippen LogP contribution in [0.4, 0.5) is 0 Å². The van der Waals surface area contributed by atoms with Gasteiger partial charge in [0.1, 0.15) is 24.4 Å². The maximum absolute atomic E-state index is 14.7. The van der Waals surface area contributed by atoms with Gasteiger partial charge in [0.25, 0.3) is 0 Å². The monoisotopic (exact) mass is 601 g/mol. The molecule has 234 valence electrons. The molecule has 0 spiro atoms. The highest BCUT2D eigenvalue weighted by Crippen LogP contribution is 2.60. The van der Waals surface area contributed by atoms with Gasteiger partial charge in [-0.25, -0.2) is 0 Å². The molecule has 1 N–H and O–H groups in total. The summed E-state index contributed by atoms with van der Waals surface area (Å²) in [6, 6.07) is 9.59. The minimum atomic E-state index is -4.12. The molecule has 6 atom stereocenters. The molecule has 0 unspecified atom stereocenters. The van der Waals surface area contributed by atoms with E-state index in [9.17, 15) is 9.77 Å². The molecule has 41 heavy (non-hydrogen) atoms. The highest BCUT2D eigenvalue weighted by Gasteiger charge is 2.62. The van der Waals surface area contributed by atoms with Crippen LogP contribution in [0.3, 0.4) is 0 Å². The molecular weight excluding hydrogens is 553 g/mol. The summed E-state index contributed by atoms with van der Waals surface area (Å²) in [5.74, 6) is -3.00. The Morgan fingerprint density at radius 1 is 0.927 bits per heavy atom. The molecule has 0 aliphatic carbocycles. The van der Waals surface area contributed by atoms with Crippen LogP contribution in [0.15, 0.2) is 30.3 Å². The van der Waals surface area contributed by atoms with Gasteiger partial charge in [0.05, 0.1) is 31.0 Å². The summed E-state index contributed by atoms with van der Waals surface area (Å²) in [6.07, 6.45) is -3.50. The first-order valence-corrected chi connectivity index (χ1v) is 15.8. The van der Waals surface area contributed by atoms with Gasteiger partial charge in [-0.3, -0.25) is 4.57 Å². The second kappa shape index (κ2) is 11.9. The molecule has 0 amide bonds. The number of benzene rings is 1. The third-order valence-electron chi connectivity index (χ3n) is 6.57. The van der Waals surface area contributed by atoms with E-state index < -0.39 is 66.8 Å². The molecule has 0 saturated carbocycles. The number of hydrogen-bond donors (Lipinski definition) is 1. The first kappa shape index (κ1) is 33.0. The minimum Gasteiger partial charge on any atom is -0.374 e. The molecule has 3 heterocycles. The van der Waals surface area contributed by atoms with Crippen molar-refractivity contribution in [1.29, 1.82) is 0 Å². The minimum absolute atomic E-state index is 0.183. The largest absolute Gasteiger partial charge is 0.374 e. The van der Waals surface area contributed by atoms with Crippen molar-refractivity contribution in [2.75, 3.05) is 13.2 Å². The number of ether oxygens (including phenoxy) is 6. The first-order chi connectivity index (χ1) is 18.8. The van der Waals surface area contributed by atoms with Crippen LogP contribution < -0.4 is 0 Å². The lowest BCUT2D eigenvalue weighted by molar-refractivity contribution is -0.280. The van der Waals surface area contributed by atoms with Crippen LogP contribution in [0.25, 0.3) is 0 Å². The van der Waals surface area contributed by atoms with Crippen molar-refractivity contribution in [1.82, 2.24) is 5.06 Å². The van der Waals surface area contributed by atoms with Crippen molar-refractivity contribution < 1.29 is 47.2 Å². The molecule has 0 bridgehead atoms. The van der Waals surface area contributed by atoms with Gasteiger partial charge in [-0.2, -0.15) is 0 Å². The van der Waals surface area contributed by atoms with Crippen molar-refractivity contribution in [3.63, 3.8) is 0 Å². The molecule has 3 aliphatic heterocycles. The summed E-state index contributed by atoms with van der Waals surface area (Å²) in [6.45, 7) is 18.3. The van der Waals surface area contributed by atoms with Gasteiger partial charge in [0, 0.05) is 0 Å². The van der Waals surface area contributed by atoms with Crippen LogP contribution in [0.1, 0.15) is 74.8 Å². The van der Waals surface area contributed by atoms with E-state index in [4.69, 9.17) is 37.5 Å². The Kier molecular flexibility index (Phi) is 9.53. The summed E-state index contributed by atoms with van der Waals surface area (Å²) in [5.41, 5.74) is -0.806. The molecule has 0 aromatic heterocycles. The number of hydrogen-bond acceptors (Lipinski definition) is 11. The van der Waals surface area contributed by atoms with Gasteiger partial charge < -0.3 is 42.7 Å². The SMILES string of the molecule is CC(C)(C)OP(=O)(OC(C)(C)C)[C@H](COCc1ccccc1)N(O)[C@H]1O[C@H]([C@H]2COC(C)(C)O2)[C@@H]2OC(C)(C)O[C@@H]21. The number of rotatable bonds is 10. The second-order valence-electron chi connectivity index (χ2n) is 13.7. The van der Waals surface area contributed by atoms with E-state index in [-0.39, 0.29) is 19.8 Å². The summed E-state index contributed by atoms with van der Waals surface area (Å²) >= 11 is 0. The normalized spacial score (nSPS) is 30.6. The Morgan fingerprint density at radius 2 is 1.51 bits per heavy atom. The quantitative estimate of drug-likeness (QED) is 0.273. The molecule has 11 nitrogen and oxygen atoms in total. The molecule has 0 radical (unpaired) electrons. The van der Waals surface area contributed by atoms with Gasteiger partial charge in [-0.15, -0.1) is 5.06 Å². The average Bonchev–Trinajstić information content (AvgIpc) is 3.43. The van der Waals surface area contributed by atoms with Gasteiger partial charge in [0.15, 0.2) is 23.6 Å². The van der Waals surface area contributed by atoms with Gasteiger partial charge in [-0.1, -0.05) is 30.3 Å². The zero-order valence-electron chi connectivity index (χ0n) is 26.0. The molecule has 1 aromatic rings. The third-order valence-corrected chi connectivity index (χ3v) is 9.29. The van der Waals surface area contributed by atoms with E-state index in [2.05, 4.69) is 0 Å². The van der Waals surface area contributed by atoms with Crippen molar-refractivity contribution in [2.45, 2.75) is 135 Å². The smallest absolute Gasteiger partial charge is 0.353 e. The van der Waals surface area contributed by atoms with Crippen molar-refractivity contribution in [3.8, 4) is 0 Å². The standard InChI is InChI=1S/C29H48NO10P/c1-26(2,3)39-41(32,40-27(4,5)6)21(18-33-16-19-14-12-11-13-15-19)30(31)25-24-23(37-29(9,10)38-24)22(35-25)20-17-34-28(7,8)36-20/h11-15,20-25,31H,16-18H2,1-10H3/t20-,21-,22-,23+,24+,25+/m1/s1. The number of hydroxylamine groups is 2. The van der Waals surface area contributed by atoms with E-state index in [0.29, 0.717) is 0 Å². The zero-order valence-corrected chi connectivity index (χ0v) is 26.9. The van der Waals surface area contributed by atoms with Crippen LogP contribution in [0, 0.1) is 0 Å². The number of nitrogens with zero attached hydrogens (tertiary/aromatic N) is 1. The van der Waals surface area contributed by atoms with E-state index in [1.165, 1.54) is 0 Å². The van der Waals surface area contributed by atoms with Crippen molar-refractivity contribution in [3.05, 3.63) is 35.9 Å². The summed E-state index contributed by atoms with van der Waals surface area (Å²) in [4.78, 5) is 0. The van der Waals surface area contributed by atoms with E-state index >= 15 is 0 Å². The van der Waals surface area contributed by atoms with Crippen LogP contribution >= 0.6 is 7.60 Å². The van der Waals surface area contributed by atoms with E-state index in [1.807, 2.05) is 44.2 Å². The van der Waals surface area contributed by atoms with Gasteiger partial charge in [-0.05, 0) is 74.8 Å². The Bertz CT molecular complexity index is 1050.